The summed E-state index contributed by atoms with van der Waals surface area (Å²) in [6, 6.07) is 8.27. The van der Waals surface area contributed by atoms with Crippen molar-refractivity contribution in [1.82, 2.24) is 14.8 Å². The fourth-order valence-electron chi connectivity index (χ4n) is 4.17. The van der Waals surface area contributed by atoms with E-state index < -0.39 is 23.7 Å². The molecule has 10 heteroatoms. The molecule has 3 aromatic rings. The van der Waals surface area contributed by atoms with E-state index in [-0.39, 0.29) is 30.2 Å². The predicted octanol–water partition coefficient (Wildman–Crippen LogP) is 2.81. The topological polar surface area (TPSA) is 102 Å². The number of carbonyl (C=O) groups is 1. The van der Waals surface area contributed by atoms with Gasteiger partial charge in [-0.25, -0.2) is 18.4 Å². The quantitative estimate of drug-likeness (QED) is 0.634. The number of halogens is 2. The number of aliphatic imine (C=N–C) groups is 1. The highest BCUT2D eigenvalue weighted by Gasteiger charge is 2.41. The van der Waals surface area contributed by atoms with Gasteiger partial charge < -0.3 is 5.11 Å². The Kier molecular flexibility index (Phi) is 5.24. The van der Waals surface area contributed by atoms with Gasteiger partial charge in [-0.3, -0.25) is 20.1 Å². The predicted molar refractivity (Wildman–Crippen MR) is 110 cm³/mol. The second-order valence-electron chi connectivity index (χ2n) is 7.59. The molecule has 0 fully saturated rings. The van der Waals surface area contributed by atoms with E-state index in [1.807, 2.05) is 0 Å². The van der Waals surface area contributed by atoms with Gasteiger partial charge in [0.15, 0.2) is 5.78 Å². The van der Waals surface area contributed by atoms with Gasteiger partial charge in [0.2, 0.25) is 0 Å². The lowest BCUT2D eigenvalue weighted by Crippen LogP contribution is -2.29. The molecule has 1 aromatic heterocycles. The molecule has 2 unspecified atom stereocenters. The number of nitrogens with one attached hydrogen (secondary N) is 1. The third kappa shape index (κ3) is 3.47. The Morgan fingerprint density at radius 1 is 1.19 bits per heavy atom. The number of hydrogen-bond acceptors (Lipinski definition) is 7. The summed E-state index contributed by atoms with van der Waals surface area (Å²) in [6.45, 7) is 0.245. The summed E-state index contributed by atoms with van der Waals surface area (Å²) >= 11 is 0. The van der Waals surface area contributed by atoms with Gasteiger partial charge in [0, 0.05) is 24.3 Å². The first kappa shape index (κ1) is 20.4. The molecular weight excluding hydrogens is 420 g/mol. The van der Waals surface area contributed by atoms with Crippen molar-refractivity contribution < 1.29 is 23.5 Å². The summed E-state index contributed by atoms with van der Waals surface area (Å²) in [6.07, 6.45) is 1.12. The lowest BCUT2D eigenvalue weighted by Gasteiger charge is -2.27. The van der Waals surface area contributed by atoms with Crippen LogP contribution in [-0.4, -0.2) is 44.5 Å². The third-order valence-corrected chi connectivity index (χ3v) is 5.60. The number of benzene rings is 2. The van der Waals surface area contributed by atoms with Crippen LogP contribution in [0.25, 0.3) is 0 Å². The minimum absolute atomic E-state index is 0.0227. The normalized spacial score (nSPS) is 19.7. The van der Waals surface area contributed by atoms with E-state index in [0.717, 1.165) is 0 Å². The molecule has 164 valence electrons. The van der Waals surface area contributed by atoms with Crippen LogP contribution in [0.5, 0.6) is 0 Å². The summed E-state index contributed by atoms with van der Waals surface area (Å²) in [5.41, 5.74) is 4.87. The molecule has 5 rings (SSSR count). The van der Waals surface area contributed by atoms with E-state index in [0.29, 0.717) is 35.6 Å². The molecule has 3 heterocycles. The maximum Gasteiger partial charge on any atom is 0.185 e. The van der Waals surface area contributed by atoms with E-state index >= 15 is 0 Å². The number of carbonyl (C=O) groups excluding carboxylic acids is 1. The third-order valence-electron chi connectivity index (χ3n) is 5.60. The molecule has 0 spiro atoms. The van der Waals surface area contributed by atoms with Gasteiger partial charge in [0.25, 0.3) is 0 Å². The molecule has 0 saturated heterocycles. The van der Waals surface area contributed by atoms with Crippen molar-refractivity contribution in [1.29, 1.82) is 0 Å². The van der Waals surface area contributed by atoms with E-state index in [9.17, 15) is 18.7 Å². The number of rotatable bonds is 5. The van der Waals surface area contributed by atoms with Crippen molar-refractivity contribution >= 4 is 17.2 Å². The number of nitrogens with zero attached hydrogens (tertiary/aromatic N) is 4. The zero-order chi connectivity index (χ0) is 22.2. The molecule has 0 aliphatic carbocycles. The molecule has 2 N–H and O–H groups in total. The lowest BCUT2D eigenvalue weighted by molar-refractivity contribution is 0.0916. The first-order valence-corrected chi connectivity index (χ1v) is 10.1. The fourth-order valence-corrected chi connectivity index (χ4v) is 4.17. The van der Waals surface area contributed by atoms with Gasteiger partial charge in [-0.2, -0.15) is 5.10 Å². The van der Waals surface area contributed by atoms with Crippen LogP contribution in [0.15, 0.2) is 47.7 Å². The summed E-state index contributed by atoms with van der Waals surface area (Å²) in [5, 5.41) is 13.5. The van der Waals surface area contributed by atoms with Gasteiger partial charge in [-0.15, -0.1) is 0 Å². The monoisotopic (exact) mass is 439 g/mol. The molecule has 2 aromatic carbocycles. The fraction of sp³-hybridized carbons (Fsp3) is 0.273. The molecule has 0 saturated carbocycles. The van der Waals surface area contributed by atoms with Crippen LogP contribution < -0.4 is 5.48 Å². The van der Waals surface area contributed by atoms with Crippen molar-refractivity contribution in [3.8, 4) is 0 Å². The molecule has 0 radical (unpaired) electrons. The summed E-state index contributed by atoms with van der Waals surface area (Å²) in [5.74, 6) is -1.40. The van der Waals surface area contributed by atoms with Crippen molar-refractivity contribution in [2.24, 2.45) is 4.99 Å². The van der Waals surface area contributed by atoms with Crippen LogP contribution in [0.2, 0.25) is 0 Å². The van der Waals surface area contributed by atoms with E-state index in [2.05, 4.69) is 20.6 Å². The second-order valence-corrected chi connectivity index (χ2v) is 7.59. The number of anilines is 1. The Morgan fingerprint density at radius 3 is 2.78 bits per heavy atom. The molecule has 8 nitrogen and oxygen atoms in total. The van der Waals surface area contributed by atoms with Gasteiger partial charge in [0.1, 0.15) is 36.4 Å². The highest BCUT2D eigenvalue weighted by Crippen LogP contribution is 2.43. The largest absolute Gasteiger partial charge is 0.396 e. The molecular formula is C22H19F2N5O3. The molecule has 0 bridgehead atoms. The van der Waals surface area contributed by atoms with Crippen LogP contribution in [0.4, 0.5) is 14.5 Å². The zero-order valence-corrected chi connectivity index (χ0v) is 16.8. The van der Waals surface area contributed by atoms with Gasteiger partial charge in [-0.1, -0.05) is 12.1 Å². The maximum atomic E-state index is 14.3. The van der Waals surface area contributed by atoms with Crippen molar-refractivity contribution in [3.05, 3.63) is 76.9 Å². The number of hydrogen-bond donors (Lipinski definition) is 2. The Bertz CT molecular complexity index is 1210. The summed E-state index contributed by atoms with van der Waals surface area (Å²) in [4.78, 5) is 27.5. The molecule has 2 atom stereocenters. The van der Waals surface area contributed by atoms with Crippen LogP contribution in [0.3, 0.4) is 0 Å². The number of ketones is 1. The van der Waals surface area contributed by atoms with E-state index in [1.165, 1.54) is 30.6 Å². The standard InChI is InChI=1S/C22H19F2N5O3/c23-13-4-2-12(3-5-13)21-19(22-26-11-27-29(22)6-1-7-30)20-18-15(17(31)10-25-20)8-14(24)9-16(18)28-32-21/h2-5,8-9,11,19,21,28,30H,1,6-7,10H2. The Hall–Kier alpha value is -3.50. The summed E-state index contributed by atoms with van der Waals surface area (Å²) < 4.78 is 29.5. The SMILES string of the molecule is O=C1CN=C2c3c(cc(F)cc31)NOC(c1ccc(F)cc1)C2c1ncnn1CCCO. The second kappa shape index (κ2) is 8.21. The van der Waals surface area contributed by atoms with Gasteiger partial charge in [0.05, 0.1) is 17.3 Å². The molecule has 32 heavy (non-hydrogen) atoms. The minimum atomic E-state index is -0.733. The van der Waals surface area contributed by atoms with Crippen molar-refractivity contribution in [2.45, 2.75) is 25.0 Å². The number of aliphatic hydroxyl groups is 1. The van der Waals surface area contributed by atoms with Gasteiger partial charge >= 0.3 is 0 Å². The average Bonchev–Trinajstić information content (AvgIpc) is 3.18. The Balaban J connectivity index is 1.71. The highest BCUT2D eigenvalue weighted by atomic mass is 19.1. The number of Topliss-reactive ketones (excluding diaryl/α,β-unsaturated/α-hetero) is 1. The average molecular weight is 439 g/mol. The molecule has 2 aliphatic heterocycles. The van der Waals surface area contributed by atoms with Crippen LogP contribution >= 0.6 is 0 Å². The first-order chi connectivity index (χ1) is 15.6. The van der Waals surface area contributed by atoms with Gasteiger partial charge in [-0.05, 0) is 36.2 Å². The van der Waals surface area contributed by atoms with Crippen molar-refractivity contribution in [2.75, 3.05) is 18.6 Å². The first-order valence-electron chi connectivity index (χ1n) is 10.1. The lowest BCUT2D eigenvalue weighted by atomic mass is 9.83. The minimum Gasteiger partial charge on any atom is -0.396 e. The maximum absolute atomic E-state index is 14.3. The molecule has 2 aliphatic rings. The Morgan fingerprint density at radius 2 is 2.00 bits per heavy atom. The Labute approximate surface area is 181 Å². The van der Waals surface area contributed by atoms with E-state index in [1.54, 1.807) is 16.8 Å². The summed E-state index contributed by atoms with van der Waals surface area (Å²) in [7, 11) is 0. The van der Waals surface area contributed by atoms with Crippen LogP contribution in [0.1, 0.15) is 45.8 Å². The molecule has 0 amide bonds. The number of aromatic nitrogens is 3. The number of aryl methyl sites for hydroxylation is 1. The smallest absolute Gasteiger partial charge is 0.185 e. The highest BCUT2D eigenvalue weighted by molar-refractivity contribution is 6.20. The zero-order valence-electron chi connectivity index (χ0n) is 16.8. The van der Waals surface area contributed by atoms with E-state index in [4.69, 9.17) is 4.84 Å². The van der Waals surface area contributed by atoms with Crippen LogP contribution in [0, 0.1) is 11.6 Å². The van der Waals surface area contributed by atoms with Crippen molar-refractivity contribution in [3.63, 3.8) is 0 Å². The number of aliphatic hydroxyl groups excluding tert-OH is 1. The van der Waals surface area contributed by atoms with Crippen LogP contribution in [-0.2, 0) is 11.4 Å².